The molecule has 1 aromatic carbocycles. The van der Waals surface area contributed by atoms with E-state index >= 15 is 0 Å². The molecule has 0 aliphatic carbocycles. The van der Waals surface area contributed by atoms with Crippen molar-refractivity contribution in [1.82, 2.24) is 14.7 Å². The summed E-state index contributed by atoms with van der Waals surface area (Å²) in [7, 11) is 1.59. The number of ketones is 1. The maximum Gasteiger partial charge on any atom is 0.255 e. The highest BCUT2D eigenvalue weighted by molar-refractivity contribution is 7.12. The van der Waals surface area contributed by atoms with Gasteiger partial charge in [-0.2, -0.15) is 0 Å². The second-order valence-electron chi connectivity index (χ2n) is 8.56. The van der Waals surface area contributed by atoms with Crippen molar-refractivity contribution in [2.24, 2.45) is 0 Å². The Hall–Kier alpha value is -3.24. The van der Waals surface area contributed by atoms with Crippen molar-refractivity contribution < 1.29 is 28.7 Å². The average Bonchev–Trinajstić information content (AvgIpc) is 3.32. The lowest BCUT2D eigenvalue weighted by Gasteiger charge is -2.26. The smallest absolute Gasteiger partial charge is 0.255 e. The molecule has 194 valence electrons. The lowest BCUT2D eigenvalue weighted by Crippen LogP contribution is -2.41. The van der Waals surface area contributed by atoms with Crippen LogP contribution in [0, 0.1) is 0 Å². The molecule has 0 unspecified atom stereocenters. The van der Waals surface area contributed by atoms with Gasteiger partial charge in [0.1, 0.15) is 18.9 Å². The summed E-state index contributed by atoms with van der Waals surface area (Å²) in [6.07, 6.45) is -0.552. The van der Waals surface area contributed by atoms with Gasteiger partial charge >= 0.3 is 0 Å². The van der Waals surface area contributed by atoms with E-state index in [-0.39, 0.29) is 49.7 Å². The zero-order chi connectivity index (χ0) is 26.2. The number of ether oxygens (including phenoxy) is 2. The second-order valence-corrected chi connectivity index (χ2v) is 9.47. The van der Waals surface area contributed by atoms with Crippen LogP contribution >= 0.6 is 11.3 Å². The number of thiophene rings is 1. The van der Waals surface area contributed by atoms with E-state index in [9.17, 15) is 19.2 Å². The van der Waals surface area contributed by atoms with Crippen LogP contribution in [-0.4, -0.2) is 90.7 Å². The monoisotopic (exact) mass is 515 g/mol. The minimum Gasteiger partial charge on any atom is -0.497 e. The minimum absolute atomic E-state index is 0.118. The van der Waals surface area contributed by atoms with E-state index in [4.69, 9.17) is 9.47 Å². The summed E-state index contributed by atoms with van der Waals surface area (Å²) in [6.45, 7) is 6.88. The number of likely N-dealkylation sites (N-methyl/N-ethyl adjacent to an activating group) is 1. The highest BCUT2D eigenvalue weighted by atomic mass is 32.1. The summed E-state index contributed by atoms with van der Waals surface area (Å²) in [6, 6.07) is 8.98. The van der Waals surface area contributed by atoms with Crippen LogP contribution in [-0.2, 0) is 20.9 Å². The summed E-state index contributed by atoms with van der Waals surface area (Å²) < 4.78 is 11.2. The Bertz CT molecular complexity index is 1080. The van der Waals surface area contributed by atoms with Crippen LogP contribution in [0.4, 0.5) is 0 Å². The number of benzene rings is 1. The first-order valence-electron chi connectivity index (χ1n) is 11.9. The SMILES string of the molecule is CCN(CC)C(=O)CO[C@@H]1CN(Cc2ccc(OC)cc2)C(=O)CN(C(=O)c2csc(C(C)=O)c2)C1. The van der Waals surface area contributed by atoms with Gasteiger partial charge in [-0.3, -0.25) is 19.2 Å². The van der Waals surface area contributed by atoms with Crippen molar-refractivity contribution >= 4 is 34.8 Å². The van der Waals surface area contributed by atoms with Crippen LogP contribution in [0.1, 0.15) is 46.4 Å². The molecule has 0 N–H and O–H groups in total. The largest absolute Gasteiger partial charge is 0.497 e. The molecule has 2 heterocycles. The quantitative estimate of drug-likeness (QED) is 0.452. The molecule has 9 nitrogen and oxygen atoms in total. The Balaban J connectivity index is 1.80. The third-order valence-electron chi connectivity index (χ3n) is 6.10. The molecule has 1 saturated heterocycles. The van der Waals surface area contributed by atoms with Gasteiger partial charge in [0.05, 0.1) is 23.7 Å². The number of carbonyl (C=O) groups excluding carboxylic acids is 4. The van der Waals surface area contributed by atoms with Crippen LogP contribution in [0.2, 0.25) is 0 Å². The fourth-order valence-corrected chi connectivity index (χ4v) is 4.80. The number of rotatable bonds is 10. The van der Waals surface area contributed by atoms with Crippen molar-refractivity contribution in [3.8, 4) is 5.75 Å². The van der Waals surface area contributed by atoms with Crippen LogP contribution in [0.25, 0.3) is 0 Å². The van der Waals surface area contributed by atoms with E-state index in [0.29, 0.717) is 30.1 Å². The molecule has 0 radical (unpaired) electrons. The first kappa shape index (κ1) is 27.3. The first-order chi connectivity index (χ1) is 17.2. The van der Waals surface area contributed by atoms with Crippen LogP contribution in [0.3, 0.4) is 0 Å². The molecule has 3 amide bonds. The Labute approximate surface area is 215 Å². The van der Waals surface area contributed by atoms with Gasteiger partial charge in [0, 0.05) is 38.1 Å². The predicted molar refractivity (Wildman–Crippen MR) is 136 cm³/mol. The van der Waals surface area contributed by atoms with Gasteiger partial charge in [-0.15, -0.1) is 11.3 Å². The molecular formula is C26H33N3O6S. The van der Waals surface area contributed by atoms with E-state index in [1.54, 1.807) is 28.4 Å². The molecular weight excluding hydrogens is 482 g/mol. The molecule has 0 bridgehead atoms. The second kappa shape index (κ2) is 12.6. The Morgan fingerprint density at radius 1 is 1.11 bits per heavy atom. The lowest BCUT2D eigenvalue weighted by molar-refractivity contribution is -0.138. The topological polar surface area (TPSA) is 96.5 Å². The molecule has 2 aromatic rings. The normalized spacial score (nSPS) is 16.0. The van der Waals surface area contributed by atoms with Crippen molar-refractivity contribution in [2.45, 2.75) is 33.4 Å². The van der Waals surface area contributed by atoms with E-state index in [0.717, 1.165) is 11.3 Å². The van der Waals surface area contributed by atoms with Crippen molar-refractivity contribution in [3.63, 3.8) is 0 Å². The maximum absolute atomic E-state index is 13.3. The lowest BCUT2D eigenvalue weighted by atomic mass is 10.2. The summed E-state index contributed by atoms with van der Waals surface area (Å²) in [5.41, 5.74) is 1.27. The Morgan fingerprint density at radius 3 is 2.39 bits per heavy atom. The number of nitrogens with zero attached hydrogens (tertiary/aromatic N) is 3. The van der Waals surface area contributed by atoms with Crippen molar-refractivity contribution in [2.75, 3.05) is 46.4 Å². The molecule has 0 spiro atoms. The molecule has 1 aliphatic heterocycles. The Morgan fingerprint density at radius 2 is 1.81 bits per heavy atom. The molecule has 3 rings (SSSR count). The zero-order valence-electron chi connectivity index (χ0n) is 21.2. The molecule has 1 atom stereocenters. The van der Waals surface area contributed by atoms with Gasteiger partial charge in [-0.05, 0) is 44.5 Å². The van der Waals surface area contributed by atoms with Crippen molar-refractivity contribution in [3.05, 3.63) is 51.7 Å². The van der Waals surface area contributed by atoms with Crippen molar-refractivity contribution in [1.29, 1.82) is 0 Å². The van der Waals surface area contributed by atoms with E-state index in [1.807, 2.05) is 38.1 Å². The molecule has 1 aliphatic rings. The molecule has 0 saturated carbocycles. The fourth-order valence-electron chi connectivity index (χ4n) is 4.02. The van der Waals surface area contributed by atoms with Gasteiger partial charge < -0.3 is 24.2 Å². The van der Waals surface area contributed by atoms with E-state index in [2.05, 4.69) is 0 Å². The van der Waals surface area contributed by atoms with E-state index in [1.165, 1.54) is 23.2 Å². The number of carbonyl (C=O) groups is 4. The third-order valence-corrected chi connectivity index (χ3v) is 7.13. The van der Waals surface area contributed by atoms with Gasteiger partial charge in [-0.25, -0.2) is 0 Å². The van der Waals surface area contributed by atoms with Gasteiger partial charge in [0.15, 0.2) is 5.78 Å². The summed E-state index contributed by atoms with van der Waals surface area (Å²) in [5, 5.41) is 1.63. The molecule has 1 fully saturated rings. The van der Waals surface area contributed by atoms with Crippen LogP contribution in [0.15, 0.2) is 35.7 Å². The summed E-state index contributed by atoms with van der Waals surface area (Å²) in [5.74, 6) is -0.106. The summed E-state index contributed by atoms with van der Waals surface area (Å²) >= 11 is 1.20. The number of Topliss-reactive ketones (excluding diaryl/α,β-unsaturated/α-hetero) is 1. The standard InChI is InChI=1S/C26H33N3O6S/c1-5-27(6-2)25(32)16-35-22-13-28(12-19-7-9-21(34-4)10-8-19)24(31)15-29(14-22)26(33)20-11-23(18(3)30)36-17-20/h7-11,17,22H,5-6,12-16H2,1-4H3/t22-/m1/s1. The first-order valence-corrected chi connectivity index (χ1v) is 12.8. The number of methoxy groups -OCH3 is 1. The van der Waals surface area contributed by atoms with Gasteiger partial charge in [-0.1, -0.05) is 12.1 Å². The van der Waals surface area contributed by atoms with Crippen LogP contribution in [0.5, 0.6) is 5.75 Å². The zero-order valence-corrected chi connectivity index (χ0v) is 22.0. The maximum atomic E-state index is 13.3. The molecule has 10 heteroatoms. The Kier molecular flexibility index (Phi) is 9.60. The fraction of sp³-hybridized carbons (Fsp3) is 0.462. The number of amides is 3. The summed E-state index contributed by atoms with van der Waals surface area (Å²) in [4.78, 5) is 55.9. The van der Waals surface area contributed by atoms with Gasteiger partial charge in [0.25, 0.3) is 5.91 Å². The number of hydrogen-bond acceptors (Lipinski definition) is 7. The third kappa shape index (κ3) is 6.92. The van der Waals surface area contributed by atoms with Gasteiger partial charge in [0.2, 0.25) is 11.8 Å². The minimum atomic E-state index is -0.552. The highest BCUT2D eigenvalue weighted by Gasteiger charge is 2.32. The highest BCUT2D eigenvalue weighted by Crippen LogP contribution is 2.20. The average molecular weight is 516 g/mol. The van der Waals surface area contributed by atoms with E-state index < -0.39 is 6.10 Å². The molecule has 36 heavy (non-hydrogen) atoms. The van der Waals surface area contributed by atoms with Crippen LogP contribution < -0.4 is 4.74 Å². The molecule has 1 aromatic heterocycles. The predicted octanol–water partition coefficient (Wildman–Crippen LogP) is 2.70. The number of hydrogen-bond donors (Lipinski definition) is 0.